The highest BCUT2D eigenvalue weighted by atomic mass is 16.6. The van der Waals surface area contributed by atoms with Crippen molar-refractivity contribution in [3.63, 3.8) is 0 Å². The van der Waals surface area contributed by atoms with Crippen LogP contribution in [0.3, 0.4) is 0 Å². The van der Waals surface area contributed by atoms with Crippen molar-refractivity contribution in [1.29, 1.82) is 0 Å². The molecule has 0 saturated heterocycles. The van der Waals surface area contributed by atoms with E-state index in [-0.39, 0.29) is 17.0 Å². The maximum absolute atomic E-state index is 10.6. The molecule has 5 nitrogen and oxygen atoms in total. The van der Waals surface area contributed by atoms with E-state index in [2.05, 4.69) is 0 Å². The highest BCUT2D eigenvalue weighted by molar-refractivity contribution is 5.54. The minimum absolute atomic E-state index is 0.0887. The highest BCUT2D eigenvalue weighted by Crippen LogP contribution is 2.34. The van der Waals surface area contributed by atoms with Crippen LogP contribution >= 0.6 is 0 Å². The third-order valence-electron chi connectivity index (χ3n) is 2.05. The van der Waals surface area contributed by atoms with Crippen LogP contribution in [0.5, 0.6) is 5.75 Å². The highest BCUT2D eigenvalue weighted by Gasteiger charge is 2.21. The molecule has 3 N–H and O–H groups in total. The van der Waals surface area contributed by atoms with Gasteiger partial charge >= 0.3 is 0 Å². The molecule has 0 saturated carbocycles. The number of nitro benzene ring substituents is 1. The zero-order valence-corrected chi connectivity index (χ0v) is 8.02. The van der Waals surface area contributed by atoms with Crippen LogP contribution < -0.4 is 5.73 Å². The summed E-state index contributed by atoms with van der Waals surface area (Å²) in [5.74, 6) is -0.0887. The fraction of sp³-hybridized carbons (Fsp3) is 0.333. The van der Waals surface area contributed by atoms with Crippen LogP contribution in [0, 0.1) is 17.0 Å². The number of phenols is 1. The Morgan fingerprint density at radius 2 is 2.14 bits per heavy atom. The number of hydrogen-bond acceptors (Lipinski definition) is 4. The molecule has 0 aliphatic heterocycles. The van der Waals surface area contributed by atoms with Gasteiger partial charge in [0.05, 0.1) is 10.5 Å². The summed E-state index contributed by atoms with van der Waals surface area (Å²) in [4.78, 5) is 10.1. The fourth-order valence-electron chi connectivity index (χ4n) is 1.31. The van der Waals surface area contributed by atoms with Crippen molar-refractivity contribution in [2.75, 3.05) is 0 Å². The molecule has 0 fully saturated rings. The van der Waals surface area contributed by atoms with Crippen molar-refractivity contribution in [3.05, 3.63) is 33.4 Å². The van der Waals surface area contributed by atoms with Crippen LogP contribution in [0.1, 0.15) is 24.1 Å². The van der Waals surface area contributed by atoms with Gasteiger partial charge in [-0.05, 0) is 25.5 Å². The minimum Gasteiger partial charge on any atom is -0.507 e. The predicted octanol–water partition coefficient (Wildman–Crippen LogP) is 1.63. The predicted molar refractivity (Wildman–Crippen MR) is 52.1 cm³/mol. The van der Waals surface area contributed by atoms with Crippen molar-refractivity contribution >= 4 is 5.69 Å². The van der Waals surface area contributed by atoms with E-state index in [0.717, 1.165) is 0 Å². The summed E-state index contributed by atoms with van der Waals surface area (Å²) in [6.07, 6.45) is 0. The van der Waals surface area contributed by atoms with Crippen LogP contribution in [0.4, 0.5) is 5.69 Å². The fourth-order valence-corrected chi connectivity index (χ4v) is 1.31. The van der Waals surface area contributed by atoms with Crippen LogP contribution in [-0.2, 0) is 0 Å². The molecule has 1 aromatic carbocycles. The molecule has 1 atom stereocenters. The normalized spacial score (nSPS) is 12.5. The van der Waals surface area contributed by atoms with Crippen molar-refractivity contribution in [1.82, 2.24) is 0 Å². The lowest BCUT2D eigenvalue weighted by Crippen LogP contribution is -2.09. The molecule has 1 rings (SSSR count). The number of aromatic hydroxyl groups is 1. The van der Waals surface area contributed by atoms with Gasteiger partial charge in [0.25, 0.3) is 5.69 Å². The van der Waals surface area contributed by atoms with Crippen LogP contribution in [0.15, 0.2) is 12.1 Å². The van der Waals surface area contributed by atoms with E-state index in [4.69, 9.17) is 5.73 Å². The second-order valence-corrected chi connectivity index (χ2v) is 3.21. The summed E-state index contributed by atoms with van der Waals surface area (Å²) in [5, 5.41) is 20.2. The summed E-state index contributed by atoms with van der Waals surface area (Å²) in [7, 11) is 0. The molecule has 0 bridgehead atoms. The Balaban J connectivity index is 3.45. The molecule has 0 aromatic heterocycles. The van der Waals surface area contributed by atoms with Gasteiger partial charge < -0.3 is 10.8 Å². The Kier molecular flexibility index (Phi) is 2.71. The van der Waals surface area contributed by atoms with Gasteiger partial charge in [0.2, 0.25) is 0 Å². The Morgan fingerprint density at radius 3 is 2.57 bits per heavy atom. The van der Waals surface area contributed by atoms with Gasteiger partial charge in [-0.25, -0.2) is 0 Å². The number of hydrogen-bond donors (Lipinski definition) is 2. The Labute approximate surface area is 81.3 Å². The van der Waals surface area contributed by atoms with E-state index >= 15 is 0 Å². The first kappa shape index (κ1) is 10.5. The molecule has 1 aromatic rings. The van der Waals surface area contributed by atoms with E-state index in [1.807, 2.05) is 0 Å². The van der Waals surface area contributed by atoms with E-state index in [0.29, 0.717) is 5.56 Å². The summed E-state index contributed by atoms with van der Waals surface area (Å²) in [6.45, 7) is 3.27. The summed E-state index contributed by atoms with van der Waals surface area (Å²) < 4.78 is 0. The number of nitrogens with two attached hydrogens (primary N) is 1. The SMILES string of the molecule is Cc1ccc([N+](=O)[O-])c([C@H](C)N)c1O. The quantitative estimate of drug-likeness (QED) is 0.555. The average Bonchev–Trinajstić information content (AvgIpc) is 2.08. The van der Waals surface area contributed by atoms with E-state index < -0.39 is 11.0 Å². The van der Waals surface area contributed by atoms with Crippen LogP contribution in [-0.4, -0.2) is 10.0 Å². The van der Waals surface area contributed by atoms with Crippen molar-refractivity contribution in [2.24, 2.45) is 5.73 Å². The van der Waals surface area contributed by atoms with Gasteiger partial charge in [-0.2, -0.15) is 0 Å². The maximum atomic E-state index is 10.6. The van der Waals surface area contributed by atoms with Gasteiger partial charge in [0, 0.05) is 12.1 Å². The van der Waals surface area contributed by atoms with Gasteiger partial charge in [0.15, 0.2) is 0 Å². The lowest BCUT2D eigenvalue weighted by molar-refractivity contribution is -0.385. The van der Waals surface area contributed by atoms with E-state index in [1.165, 1.54) is 12.1 Å². The van der Waals surface area contributed by atoms with Crippen molar-refractivity contribution in [2.45, 2.75) is 19.9 Å². The second-order valence-electron chi connectivity index (χ2n) is 3.21. The minimum atomic E-state index is -0.560. The molecule has 76 valence electrons. The largest absolute Gasteiger partial charge is 0.507 e. The number of nitrogens with zero attached hydrogens (tertiary/aromatic N) is 1. The number of nitro groups is 1. The standard InChI is InChI=1S/C9H12N2O3/c1-5-3-4-7(11(13)14)8(6(2)10)9(5)12/h3-4,6,12H,10H2,1-2H3/t6-/m0/s1. The first-order chi connectivity index (χ1) is 6.45. The summed E-state index contributed by atoms with van der Waals surface area (Å²) in [5.41, 5.74) is 6.20. The Morgan fingerprint density at radius 1 is 1.57 bits per heavy atom. The molecule has 0 unspecified atom stereocenters. The summed E-state index contributed by atoms with van der Waals surface area (Å²) >= 11 is 0. The lowest BCUT2D eigenvalue weighted by Gasteiger charge is -2.10. The van der Waals surface area contributed by atoms with Crippen LogP contribution in [0.2, 0.25) is 0 Å². The molecule has 5 heteroatoms. The Bertz CT molecular complexity index is 375. The number of rotatable bonds is 2. The zero-order valence-electron chi connectivity index (χ0n) is 8.02. The van der Waals surface area contributed by atoms with Gasteiger partial charge in [-0.15, -0.1) is 0 Å². The van der Waals surface area contributed by atoms with Crippen LogP contribution in [0.25, 0.3) is 0 Å². The first-order valence-corrected chi connectivity index (χ1v) is 4.17. The molecule has 14 heavy (non-hydrogen) atoms. The summed E-state index contributed by atoms with van der Waals surface area (Å²) in [6, 6.07) is 2.29. The average molecular weight is 196 g/mol. The van der Waals surface area contributed by atoms with Gasteiger partial charge in [-0.3, -0.25) is 10.1 Å². The molecule has 0 radical (unpaired) electrons. The molecule has 0 amide bonds. The molecule has 0 aliphatic carbocycles. The topological polar surface area (TPSA) is 89.4 Å². The van der Waals surface area contributed by atoms with Gasteiger partial charge in [0.1, 0.15) is 5.75 Å². The van der Waals surface area contributed by atoms with E-state index in [1.54, 1.807) is 13.8 Å². The molecule has 0 heterocycles. The Hall–Kier alpha value is -1.62. The lowest BCUT2D eigenvalue weighted by atomic mass is 10.0. The van der Waals surface area contributed by atoms with Gasteiger partial charge in [-0.1, -0.05) is 0 Å². The number of phenolic OH excluding ortho intramolecular Hbond substituents is 1. The first-order valence-electron chi connectivity index (χ1n) is 4.17. The smallest absolute Gasteiger partial charge is 0.277 e. The number of benzene rings is 1. The molecular weight excluding hydrogens is 184 g/mol. The molecular formula is C9H12N2O3. The third kappa shape index (κ3) is 1.67. The monoisotopic (exact) mass is 196 g/mol. The molecule has 0 spiro atoms. The third-order valence-corrected chi connectivity index (χ3v) is 2.05. The maximum Gasteiger partial charge on any atom is 0.277 e. The van der Waals surface area contributed by atoms with E-state index in [9.17, 15) is 15.2 Å². The van der Waals surface area contributed by atoms with Crippen molar-refractivity contribution < 1.29 is 10.0 Å². The van der Waals surface area contributed by atoms with Crippen molar-refractivity contribution in [3.8, 4) is 5.75 Å². The number of aryl methyl sites for hydroxylation is 1. The zero-order chi connectivity index (χ0) is 10.9. The second kappa shape index (κ2) is 3.63. The molecule has 0 aliphatic rings.